The summed E-state index contributed by atoms with van der Waals surface area (Å²) >= 11 is 0. The highest BCUT2D eigenvalue weighted by molar-refractivity contribution is 5.66. The number of carbonyl (C=O) groups is 1. The van der Waals surface area contributed by atoms with Gasteiger partial charge in [0, 0.05) is 44.3 Å². The van der Waals surface area contributed by atoms with E-state index in [-0.39, 0.29) is 18.3 Å². The molecule has 1 unspecified atom stereocenters. The zero-order valence-corrected chi connectivity index (χ0v) is 12.5. The van der Waals surface area contributed by atoms with Crippen LogP contribution < -0.4 is 0 Å². The molecule has 0 amide bonds. The fourth-order valence-corrected chi connectivity index (χ4v) is 2.97. The second-order valence-electron chi connectivity index (χ2n) is 5.47. The molecule has 1 saturated heterocycles. The van der Waals surface area contributed by atoms with Gasteiger partial charge in [0.2, 0.25) is 0 Å². The molecule has 1 aromatic rings. The molecule has 0 aromatic heterocycles. The van der Waals surface area contributed by atoms with Crippen molar-refractivity contribution >= 4 is 5.97 Å². The molecule has 1 aliphatic heterocycles. The van der Waals surface area contributed by atoms with E-state index in [9.17, 15) is 9.18 Å². The quantitative estimate of drug-likeness (QED) is 0.875. The molecule has 116 valence electrons. The van der Waals surface area contributed by atoms with Gasteiger partial charge in [-0.25, -0.2) is 4.39 Å². The van der Waals surface area contributed by atoms with Crippen molar-refractivity contribution in [1.29, 1.82) is 0 Å². The van der Waals surface area contributed by atoms with Gasteiger partial charge in [0.05, 0.1) is 6.42 Å². The summed E-state index contributed by atoms with van der Waals surface area (Å²) in [6.45, 7) is 6.07. The summed E-state index contributed by atoms with van der Waals surface area (Å²) in [6, 6.07) is 7.08. The average Bonchev–Trinajstić information content (AvgIpc) is 2.49. The number of carboxylic acid groups (broad SMARTS) is 1. The molecule has 4 nitrogen and oxygen atoms in total. The number of aliphatic carboxylic acids is 1. The maximum Gasteiger partial charge on any atom is 0.304 e. The van der Waals surface area contributed by atoms with E-state index < -0.39 is 5.97 Å². The Morgan fingerprint density at radius 3 is 2.52 bits per heavy atom. The molecule has 0 saturated carbocycles. The monoisotopic (exact) mass is 294 g/mol. The maximum atomic E-state index is 14.0. The van der Waals surface area contributed by atoms with Gasteiger partial charge in [-0.15, -0.1) is 0 Å². The molecule has 1 fully saturated rings. The number of rotatable bonds is 6. The van der Waals surface area contributed by atoms with Crippen LogP contribution in [0.3, 0.4) is 0 Å². The Morgan fingerprint density at radius 1 is 1.29 bits per heavy atom. The summed E-state index contributed by atoms with van der Waals surface area (Å²) < 4.78 is 14.0. The summed E-state index contributed by atoms with van der Waals surface area (Å²) in [4.78, 5) is 15.1. The van der Waals surface area contributed by atoms with Crippen LogP contribution in [0.5, 0.6) is 0 Å². The van der Waals surface area contributed by atoms with Crippen LogP contribution in [0.4, 0.5) is 4.39 Å². The number of benzene rings is 1. The number of hydrogen-bond donors (Lipinski definition) is 1. The molecule has 0 aliphatic carbocycles. The zero-order valence-electron chi connectivity index (χ0n) is 12.5. The van der Waals surface area contributed by atoms with Gasteiger partial charge in [-0.3, -0.25) is 9.69 Å². The summed E-state index contributed by atoms with van der Waals surface area (Å²) in [5.41, 5.74) is 0.763. The third kappa shape index (κ3) is 4.25. The van der Waals surface area contributed by atoms with Gasteiger partial charge in [0.15, 0.2) is 0 Å². The lowest BCUT2D eigenvalue weighted by Crippen LogP contribution is -2.48. The fraction of sp³-hybridized carbons (Fsp3) is 0.562. The predicted molar refractivity (Wildman–Crippen MR) is 79.7 cm³/mol. The van der Waals surface area contributed by atoms with Crippen molar-refractivity contribution in [2.75, 3.05) is 32.7 Å². The third-order valence-corrected chi connectivity index (χ3v) is 4.14. The van der Waals surface area contributed by atoms with Crippen LogP contribution in [-0.2, 0) is 4.79 Å². The molecule has 1 heterocycles. The van der Waals surface area contributed by atoms with Crippen molar-refractivity contribution < 1.29 is 14.3 Å². The highest BCUT2D eigenvalue weighted by Crippen LogP contribution is 2.27. The molecule has 2 rings (SSSR count). The first kappa shape index (κ1) is 15.9. The van der Waals surface area contributed by atoms with E-state index in [0.29, 0.717) is 6.54 Å². The van der Waals surface area contributed by atoms with Crippen molar-refractivity contribution in [2.24, 2.45) is 0 Å². The van der Waals surface area contributed by atoms with Gasteiger partial charge < -0.3 is 10.0 Å². The minimum absolute atomic E-state index is 0.104. The lowest BCUT2D eigenvalue weighted by molar-refractivity contribution is -0.137. The summed E-state index contributed by atoms with van der Waals surface area (Å²) in [5.74, 6) is -0.895. The van der Waals surface area contributed by atoms with Gasteiger partial charge in [-0.05, 0) is 12.5 Å². The Hall–Kier alpha value is -1.46. The summed E-state index contributed by atoms with van der Waals surface area (Å²) in [6.07, 6.45) is 1.06. The lowest BCUT2D eigenvalue weighted by Gasteiger charge is -2.39. The van der Waals surface area contributed by atoms with E-state index in [1.54, 1.807) is 6.07 Å². The van der Waals surface area contributed by atoms with Crippen LogP contribution in [0.25, 0.3) is 0 Å². The lowest BCUT2D eigenvalue weighted by atomic mass is 10.0. The predicted octanol–water partition coefficient (Wildman–Crippen LogP) is 2.37. The Bertz CT molecular complexity index is 473. The summed E-state index contributed by atoms with van der Waals surface area (Å²) in [5, 5.41) is 8.72. The highest BCUT2D eigenvalue weighted by atomic mass is 19.1. The van der Waals surface area contributed by atoms with Gasteiger partial charge in [0.25, 0.3) is 0 Å². The van der Waals surface area contributed by atoms with Gasteiger partial charge in [0.1, 0.15) is 5.82 Å². The van der Waals surface area contributed by atoms with Crippen LogP contribution in [-0.4, -0.2) is 53.6 Å². The van der Waals surface area contributed by atoms with Crippen LogP contribution in [0, 0.1) is 5.82 Å². The Morgan fingerprint density at radius 2 is 1.95 bits per heavy atom. The van der Waals surface area contributed by atoms with Crippen molar-refractivity contribution in [1.82, 2.24) is 9.80 Å². The number of piperazine rings is 1. The summed E-state index contributed by atoms with van der Waals surface area (Å²) in [7, 11) is 0. The first-order chi connectivity index (χ1) is 10.1. The largest absolute Gasteiger partial charge is 0.481 e. The second-order valence-corrected chi connectivity index (χ2v) is 5.47. The Kier molecular flexibility index (Phi) is 5.70. The molecule has 0 spiro atoms. The smallest absolute Gasteiger partial charge is 0.304 e. The minimum Gasteiger partial charge on any atom is -0.481 e. The van der Waals surface area contributed by atoms with Gasteiger partial charge >= 0.3 is 5.97 Å². The first-order valence-corrected chi connectivity index (χ1v) is 7.54. The molecular formula is C16H23FN2O2. The normalized spacial score (nSPS) is 18.6. The second kappa shape index (κ2) is 7.52. The highest BCUT2D eigenvalue weighted by Gasteiger charge is 2.25. The van der Waals surface area contributed by atoms with E-state index in [2.05, 4.69) is 16.7 Å². The Labute approximate surface area is 125 Å². The Balaban J connectivity index is 1.94. The number of nitrogens with zero attached hydrogens (tertiary/aromatic N) is 2. The molecule has 5 heteroatoms. The van der Waals surface area contributed by atoms with Crippen LogP contribution in [0.1, 0.15) is 31.4 Å². The molecule has 0 bridgehead atoms. The maximum absolute atomic E-state index is 14.0. The van der Waals surface area contributed by atoms with Crippen LogP contribution in [0.2, 0.25) is 0 Å². The number of halogens is 1. The van der Waals surface area contributed by atoms with Crippen molar-refractivity contribution in [3.8, 4) is 0 Å². The van der Waals surface area contributed by atoms with E-state index >= 15 is 0 Å². The molecule has 1 aromatic carbocycles. The van der Waals surface area contributed by atoms with E-state index in [4.69, 9.17) is 5.11 Å². The van der Waals surface area contributed by atoms with E-state index in [1.807, 2.05) is 12.1 Å². The first-order valence-electron chi connectivity index (χ1n) is 7.54. The van der Waals surface area contributed by atoms with Gasteiger partial charge in [-0.2, -0.15) is 0 Å². The molecule has 1 N–H and O–H groups in total. The number of hydrogen-bond acceptors (Lipinski definition) is 3. The van der Waals surface area contributed by atoms with Crippen molar-refractivity contribution in [2.45, 2.75) is 25.8 Å². The standard InChI is InChI=1S/C16H23FN2O2/c1-2-15(13-5-3-4-6-14(13)17)19-11-9-18(10-12-19)8-7-16(20)21/h3-6,15H,2,7-12H2,1H3,(H,20,21). The molecule has 21 heavy (non-hydrogen) atoms. The van der Waals surface area contributed by atoms with E-state index in [1.165, 1.54) is 6.07 Å². The van der Waals surface area contributed by atoms with Crippen molar-refractivity contribution in [3.63, 3.8) is 0 Å². The topological polar surface area (TPSA) is 43.8 Å². The van der Waals surface area contributed by atoms with Crippen molar-refractivity contribution in [3.05, 3.63) is 35.6 Å². The van der Waals surface area contributed by atoms with Gasteiger partial charge in [-0.1, -0.05) is 25.1 Å². The molecule has 1 aliphatic rings. The number of carboxylic acids is 1. The van der Waals surface area contributed by atoms with Crippen LogP contribution in [0.15, 0.2) is 24.3 Å². The molecular weight excluding hydrogens is 271 g/mol. The zero-order chi connectivity index (χ0) is 15.2. The average molecular weight is 294 g/mol. The SMILES string of the molecule is CCC(c1ccccc1F)N1CCN(CCC(=O)O)CC1. The van der Waals surface area contributed by atoms with E-state index in [0.717, 1.165) is 38.2 Å². The fourth-order valence-electron chi connectivity index (χ4n) is 2.97. The van der Waals surface area contributed by atoms with Crippen LogP contribution >= 0.6 is 0 Å². The molecule has 0 radical (unpaired) electrons. The minimum atomic E-state index is -0.754. The third-order valence-electron chi connectivity index (χ3n) is 4.14. The molecule has 1 atom stereocenters.